The summed E-state index contributed by atoms with van der Waals surface area (Å²) in [6.07, 6.45) is 5.08. The Morgan fingerprint density at radius 2 is 2.07 bits per heavy atom. The molecule has 0 bridgehead atoms. The Labute approximate surface area is 95.8 Å². The van der Waals surface area contributed by atoms with Crippen molar-refractivity contribution in [2.24, 2.45) is 17.1 Å². The van der Waals surface area contributed by atoms with Gasteiger partial charge < -0.3 is 11.1 Å². The standard InChI is InChI=1S/C11H18N2OS/c1-7-5-11(6-7,9(12)15)10(14)13-8-3-2-4-8/h7-8H,2-6H2,1H3,(H2,12,15)(H,13,14). The second kappa shape index (κ2) is 3.74. The molecule has 0 spiro atoms. The number of amides is 1. The summed E-state index contributed by atoms with van der Waals surface area (Å²) in [5.74, 6) is 0.636. The molecule has 2 aliphatic rings. The van der Waals surface area contributed by atoms with Gasteiger partial charge in [0.15, 0.2) is 0 Å². The zero-order valence-electron chi connectivity index (χ0n) is 9.08. The minimum Gasteiger partial charge on any atom is -0.392 e. The van der Waals surface area contributed by atoms with Gasteiger partial charge in [-0.1, -0.05) is 19.1 Å². The molecule has 3 nitrogen and oxygen atoms in total. The van der Waals surface area contributed by atoms with Gasteiger partial charge in [-0.05, 0) is 38.0 Å². The van der Waals surface area contributed by atoms with Gasteiger partial charge in [0.2, 0.25) is 5.91 Å². The van der Waals surface area contributed by atoms with Gasteiger partial charge in [-0.25, -0.2) is 0 Å². The van der Waals surface area contributed by atoms with E-state index in [0.29, 0.717) is 16.9 Å². The minimum absolute atomic E-state index is 0.0674. The molecule has 0 aromatic heterocycles. The second-order valence-electron chi connectivity index (χ2n) is 5.06. The fourth-order valence-corrected chi connectivity index (χ4v) is 2.76. The van der Waals surface area contributed by atoms with Gasteiger partial charge in [-0.2, -0.15) is 0 Å². The summed E-state index contributed by atoms with van der Waals surface area (Å²) in [6.45, 7) is 2.13. The molecule has 0 heterocycles. The van der Waals surface area contributed by atoms with Crippen molar-refractivity contribution < 1.29 is 4.79 Å². The Bertz CT molecular complexity index is 293. The molecule has 2 saturated carbocycles. The normalized spacial score (nSPS) is 35.1. The summed E-state index contributed by atoms with van der Waals surface area (Å²) >= 11 is 5.03. The first-order valence-electron chi connectivity index (χ1n) is 5.65. The summed E-state index contributed by atoms with van der Waals surface area (Å²) in [7, 11) is 0. The summed E-state index contributed by atoms with van der Waals surface area (Å²) < 4.78 is 0. The van der Waals surface area contributed by atoms with Crippen LogP contribution < -0.4 is 11.1 Å². The van der Waals surface area contributed by atoms with Crippen LogP contribution in [0.25, 0.3) is 0 Å². The van der Waals surface area contributed by atoms with E-state index in [4.69, 9.17) is 18.0 Å². The molecule has 0 aliphatic heterocycles. The van der Waals surface area contributed by atoms with E-state index in [1.165, 1.54) is 6.42 Å². The van der Waals surface area contributed by atoms with Gasteiger partial charge in [0.1, 0.15) is 0 Å². The summed E-state index contributed by atoms with van der Waals surface area (Å²) in [6, 6.07) is 0.375. The third kappa shape index (κ3) is 1.75. The van der Waals surface area contributed by atoms with Crippen LogP contribution in [0, 0.1) is 11.3 Å². The third-order valence-corrected chi connectivity index (χ3v) is 4.13. The lowest BCUT2D eigenvalue weighted by molar-refractivity contribution is -0.134. The Hall–Kier alpha value is -0.640. The molecule has 0 atom stereocenters. The zero-order chi connectivity index (χ0) is 11.1. The van der Waals surface area contributed by atoms with Crippen molar-refractivity contribution in [2.75, 3.05) is 0 Å². The average Bonchev–Trinajstić information content (AvgIpc) is 2.04. The molecule has 1 amide bonds. The van der Waals surface area contributed by atoms with Gasteiger partial charge in [0.05, 0.1) is 10.4 Å². The fourth-order valence-electron chi connectivity index (χ4n) is 2.50. The molecule has 84 valence electrons. The van der Waals surface area contributed by atoms with Crippen molar-refractivity contribution in [3.05, 3.63) is 0 Å². The molecule has 2 fully saturated rings. The SMILES string of the molecule is CC1CC(C(=O)NC2CCC2)(C(N)=S)C1. The quantitative estimate of drug-likeness (QED) is 0.714. The number of carbonyl (C=O) groups excluding carboxylic acids is 1. The maximum atomic E-state index is 12.1. The smallest absolute Gasteiger partial charge is 0.233 e. The lowest BCUT2D eigenvalue weighted by Gasteiger charge is -2.45. The van der Waals surface area contributed by atoms with Crippen LogP contribution in [0.2, 0.25) is 0 Å². The second-order valence-corrected chi connectivity index (χ2v) is 5.50. The number of hydrogen-bond acceptors (Lipinski definition) is 2. The maximum Gasteiger partial charge on any atom is 0.233 e. The first kappa shape index (κ1) is 10.9. The van der Waals surface area contributed by atoms with Crippen LogP contribution in [0.5, 0.6) is 0 Å². The van der Waals surface area contributed by atoms with Crippen molar-refractivity contribution in [3.63, 3.8) is 0 Å². The first-order valence-corrected chi connectivity index (χ1v) is 6.06. The van der Waals surface area contributed by atoms with Gasteiger partial charge in [-0.3, -0.25) is 4.79 Å². The number of rotatable bonds is 3. The number of nitrogens with two attached hydrogens (primary N) is 1. The molecular formula is C11H18N2OS. The molecule has 0 unspecified atom stereocenters. The van der Waals surface area contributed by atoms with E-state index in [1.54, 1.807) is 0 Å². The highest BCUT2D eigenvalue weighted by Crippen LogP contribution is 2.46. The summed E-state index contributed by atoms with van der Waals surface area (Å²) in [5, 5.41) is 3.05. The number of hydrogen-bond donors (Lipinski definition) is 2. The first-order chi connectivity index (χ1) is 7.04. The monoisotopic (exact) mass is 226 g/mol. The van der Waals surface area contributed by atoms with E-state index in [9.17, 15) is 4.79 Å². The van der Waals surface area contributed by atoms with Crippen LogP contribution in [-0.4, -0.2) is 16.9 Å². The predicted octanol–water partition coefficient (Wildman–Crippen LogP) is 1.36. The lowest BCUT2D eigenvalue weighted by atomic mass is 9.61. The number of nitrogens with one attached hydrogen (secondary N) is 1. The molecular weight excluding hydrogens is 208 g/mol. The van der Waals surface area contributed by atoms with Crippen molar-refractivity contribution in [3.8, 4) is 0 Å². The Kier molecular flexibility index (Phi) is 2.71. The summed E-state index contributed by atoms with van der Waals surface area (Å²) in [5.41, 5.74) is 5.18. The molecule has 4 heteroatoms. The van der Waals surface area contributed by atoms with Crippen molar-refractivity contribution >= 4 is 23.1 Å². The van der Waals surface area contributed by atoms with Crippen LogP contribution in [-0.2, 0) is 4.79 Å². The van der Waals surface area contributed by atoms with E-state index < -0.39 is 5.41 Å². The minimum atomic E-state index is -0.523. The van der Waals surface area contributed by atoms with E-state index in [1.807, 2.05) is 0 Å². The molecule has 2 aliphatic carbocycles. The largest absolute Gasteiger partial charge is 0.392 e. The Morgan fingerprint density at radius 1 is 1.47 bits per heavy atom. The van der Waals surface area contributed by atoms with Crippen LogP contribution in [0.3, 0.4) is 0 Å². The number of carbonyl (C=O) groups is 1. The van der Waals surface area contributed by atoms with Crippen LogP contribution in [0.1, 0.15) is 39.0 Å². The predicted molar refractivity (Wildman–Crippen MR) is 63.4 cm³/mol. The molecule has 0 aromatic rings. The van der Waals surface area contributed by atoms with Crippen molar-refractivity contribution in [2.45, 2.75) is 45.1 Å². The third-order valence-electron chi connectivity index (χ3n) is 3.74. The van der Waals surface area contributed by atoms with Crippen LogP contribution in [0.15, 0.2) is 0 Å². The Morgan fingerprint density at radius 3 is 2.40 bits per heavy atom. The van der Waals surface area contributed by atoms with Crippen molar-refractivity contribution in [1.82, 2.24) is 5.32 Å². The van der Waals surface area contributed by atoms with Crippen LogP contribution in [0.4, 0.5) is 0 Å². The molecule has 0 aromatic carbocycles. The van der Waals surface area contributed by atoms with Gasteiger partial charge in [-0.15, -0.1) is 0 Å². The van der Waals surface area contributed by atoms with Crippen molar-refractivity contribution in [1.29, 1.82) is 0 Å². The van der Waals surface area contributed by atoms with Gasteiger partial charge >= 0.3 is 0 Å². The highest BCUT2D eigenvalue weighted by Gasteiger charge is 2.51. The van der Waals surface area contributed by atoms with E-state index in [-0.39, 0.29) is 5.91 Å². The molecule has 2 rings (SSSR count). The van der Waals surface area contributed by atoms with Gasteiger partial charge in [0, 0.05) is 6.04 Å². The van der Waals surface area contributed by atoms with E-state index in [0.717, 1.165) is 25.7 Å². The van der Waals surface area contributed by atoms with Crippen LogP contribution >= 0.6 is 12.2 Å². The van der Waals surface area contributed by atoms with E-state index in [2.05, 4.69) is 12.2 Å². The molecule has 0 radical (unpaired) electrons. The highest BCUT2D eigenvalue weighted by molar-refractivity contribution is 7.80. The maximum absolute atomic E-state index is 12.1. The Balaban J connectivity index is 1.98. The number of thiocarbonyl (C=S) groups is 1. The summed E-state index contributed by atoms with van der Waals surface area (Å²) in [4.78, 5) is 12.4. The van der Waals surface area contributed by atoms with E-state index >= 15 is 0 Å². The molecule has 3 N–H and O–H groups in total. The zero-order valence-corrected chi connectivity index (χ0v) is 9.90. The average molecular weight is 226 g/mol. The molecule has 0 saturated heterocycles. The van der Waals surface area contributed by atoms with Gasteiger partial charge in [0.25, 0.3) is 0 Å². The molecule has 15 heavy (non-hydrogen) atoms. The highest BCUT2D eigenvalue weighted by atomic mass is 32.1. The topological polar surface area (TPSA) is 55.1 Å². The lowest BCUT2D eigenvalue weighted by Crippen LogP contribution is -2.58. The fraction of sp³-hybridized carbons (Fsp3) is 0.818.